The lowest BCUT2D eigenvalue weighted by molar-refractivity contribution is -0.118. The molecule has 0 atom stereocenters. The number of benzene rings is 1. The molecule has 1 heterocycles. The van der Waals surface area contributed by atoms with Gasteiger partial charge in [-0.05, 0) is 19.1 Å². The summed E-state index contributed by atoms with van der Waals surface area (Å²) >= 11 is 11.9. The summed E-state index contributed by atoms with van der Waals surface area (Å²) in [5, 5.41) is 12.1. The highest BCUT2D eigenvalue weighted by Crippen LogP contribution is 2.29. The van der Waals surface area contributed by atoms with E-state index >= 15 is 0 Å². The Labute approximate surface area is 148 Å². The first-order valence-corrected chi connectivity index (χ1v) is 7.87. The Morgan fingerprint density at radius 1 is 1.33 bits per heavy atom. The Hall–Kier alpha value is -2.02. The molecule has 0 bridgehead atoms. The minimum atomic E-state index is -0.476. The maximum absolute atomic E-state index is 12.0. The van der Waals surface area contributed by atoms with E-state index in [0.29, 0.717) is 22.9 Å². The third-order valence-corrected chi connectivity index (χ3v) is 4.12. The fraction of sp³-hybridized carbons (Fsp3) is 0.250. The normalized spacial score (nSPS) is 10.5. The number of rotatable bonds is 6. The lowest BCUT2D eigenvalue weighted by atomic mass is 10.3. The quantitative estimate of drug-likeness (QED) is 0.818. The highest BCUT2D eigenvalue weighted by molar-refractivity contribution is 6.43. The third kappa shape index (κ3) is 4.29. The van der Waals surface area contributed by atoms with Gasteiger partial charge in [0.2, 0.25) is 5.43 Å². The molecule has 0 radical (unpaired) electrons. The van der Waals surface area contributed by atoms with Gasteiger partial charge < -0.3 is 19.7 Å². The monoisotopic (exact) mass is 370 g/mol. The number of anilines is 1. The summed E-state index contributed by atoms with van der Waals surface area (Å²) in [7, 11) is 0. The van der Waals surface area contributed by atoms with Gasteiger partial charge in [-0.25, -0.2) is 0 Å². The molecule has 0 spiro atoms. The van der Waals surface area contributed by atoms with Crippen LogP contribution in [0.15, 0.2) is 35.3 Å². The Kier molecular flexibility index (Phi) is 6.25. The summed E-state index contributed by atoms with van der Waals surface area (Å²) in [5.74, 6) is -0.409. The second-order valence-electron chi connectivity index (χ2n) is 4.95. The smallest absolute Gasteiger partial charge is 0.262 e. The molecule has 0 unspecified atom stereocenters. The SMILES string of the molecule is Cc1c(OCC(=O)Nc2cccc(Cl)c2Cl)c(=O)ccn1CCO. The Balaban J connectivity index is 2.08. The predicted octanol–water partition coefficient (Wildman–Crippen LogP) is 2.47. The van der Waals surface area contributed by atoms with Gasteiger partial charge in [0.1, 0.15) is 0 Å². The van der Waals surface area contributed by atoms with Crippen molar-refractivity contribution in [1.82, 2.24) is 4.57 Å². The van der Waals surface area contributed by atoms with Crippen LogP contribution >= 0.6 is 23.2 Å². The molecule has 128 valence electrons. The van der Waals surface area contributed by atoms with Crippen LogP contribution in [0.4, 0.5) is 5.69 Å². The standard InChI is InChI=1S/C16H16Cl2N2O4/c1-10-16(13(22)5-6-20(10)7-8-21)24-9-14(23)19-12-4-2-3-11(17)15(12)18/h2-6,21H,7-9H2,1H3,(H,19,23). The molecule has 8 heteroatoms. The van der Waals surface area contributed by atoms with Crippen molar-refractivity contribution in [3.8, 4) is 5.75 Å². The number of aliphatic hydroxyl groups excluding tert-OH is 1. The van der Waals surface area contributed by atoms with Crippen LogP contribution in [0.25, 0.3) is 0 Å². The van der Waals surface area contributed by atoms with E-state index < -0.39 is 5.91 Å². The van der Waals surface area contributed by atoms with E-state index in [-0.39, 0.29) is 29.4 Å². The van der Waals surface area contributed by atoms with E-state index in [4.69, 9.17) is 33.0 Å². The number of nitrogens with one attached hydrogen (secondary N) is 1. The van der Waals surface area contributed by atoms with Gasteiger partial charge in [-0.15, -0.1) is 0 Å². The number of halogens is 2. The summed E-state index contributed by atoms with van der Waals surface area (Å²) in [5.41, 5.74) is 0.556. The van der Waals surface area contributed by atoms with Crippen molar-refractivity contribution >= 4 is 34.8 Å². The first-order chi connectivity index (χ1) is 11.4. The molecule has 2 rings (SSSR count). The Bertz CT molecular complexity index is 805. The minimum Gasteiger partial charge on any atom is -0.478 e. The second-order valence-corrected chi connectivity index (χ2v) is 5.73. The van der Waals surface area contributed by atoms with E-state index in [9.17, 15) is 9.59 Å². The van der Waals surface area contributed by atoms with Crippen LogP contribution in [0.2, 0.25) is 10.0 Å². The number of nitrogens with zero attached hydrogens (tertiary/aromatic N) is 1. The molecule has 2 N–H and O–H groups in total. The average Bonchev–Trinajstić information content (AvgIpc) is 2.54. The average molecular weight is 371 g/mol. The zero-order chi connectivity index (χ0) is 17.7. The number of hydrogen-bond acceptors (Lipinski definition) is 4. The number of carbonyl (C=O) groups excluding carboxylic acids is 1. The maximum Gasteiger partial charge on any atom is 0.262 e. The van der Waals surface area contributed by atoms with Crippen molar-refractivity contribution < 1.29 is 14.6 Å². The topological polar surface area (TPSA) is 80.6 Å². The summed E-state index contributed by atoms with van der Waals surface area (Å²) in [6.45, 7) is 1.57. The maximum atomic E-state index is 12.0. The summed E-state index contributed by atoms with van der Waals surface area (Å²) in [6, 6.07) is 6.18. The van der Waals surface area contributed by atoms with Gasteiger partial charge in [0.15, 0.2) is 12.4 Å². The summed E-state index contributed by atoms with van der Waals surface area (Å²) in [6.07, 6.45) is 1.56. The molecule has 1 aromatic heterocycles. The van der Waals surface area contributed by atoms with Gasteiger partial charge in [-0.3, -0.25) is 9.59 Å². The van der Waals surface area contributed by atoms with Crippen LogP contribution < -0.4 is 15.5 Å². The van der Waals surface area contributed by atoms with E-state index in [0.717, 1.165) is 0 Å². The van der Waals surface area contributed by atoms with Crippen molar-refractivity contribution in [2.45, 2.75) is 13.5 Å². The van der Waals surface area contributed by atoms with E-state index in [1.165, 1.54) is 6.07 Å². The van der Waals surface area contributed by atoms with Crippen molar-refractivity contribution in [2.24, 2.45) is 0 Å². The van der Waals surface area contributed by atoms with Gasteiger partial charge >= 0.3 is 0 Å². The molecule has 0 aliphatic heterocycles. The van der Waals surface area contributed by atoms with Crippen LogP contribution in [0.1, 0.15) is 5.69 Å². The van der Waals surface area contributed by atoms with Gasteiger partial charge in [-0.1, -0.05) is 29.3 Å². The first kappa shape index (κ1) is 18.3. The lowest BCUT2D eigenvalue weighted by Gasteiger charge is -2.14. The van der Waals surface area contributed by atoms with E-state index in [1.54, 1.807) is 35.9 Å². The van der Waals surface area contributed by atoms with Crippen LogP contribution in [0.5, 0.6) is 5.75 Å². The van der Waals surface area contributed by atoms with E-state index in [1.807, 2.05) is 0 Å². The van der Waals surface area contributed by atoms with Crippen LogP contribution in [-0.2, 0) is 11.3 Å². The lowest BCUT2D eigenvalue weighted by Crippen LogP contribution is -2.24. The number of aliphatic hydroxyl groups is 1. The van der Waals surface area contributed by atoms with Crippen LogP contribution in [-0.4, -0.2) is 28.8 Å². The van der Waals surface area contributed by atoms with Crippen LogP contribution in [0, 0.1) is 6.92 Å². The predicted molar refractivity (Wildman–Crippen MR) is 93.1 cm³/mol. The molecular formula is C16H16Cl2N2O4. The number of pyridine rings is 1. The van der Waals surface area contributed by atoms with Gasteiger partial charge in [-0.2, -0.15) is 0 Å². The molecule has 2 aromatic rings. The van der Waals surface area contributed by atoms with Crippen molar-refractivity contribution in [1.29, 1.82) is 0 Å². The zero-order valence-electron chi connectivity index (χ0n) is 12.9. The summed E-state index contributed by atoms with van der Waals surface area (Å²) < 4.78 is 7.02. The highest BCUT2D eigenvalue weighted by Gasteiger charge is 2.12. The third-order valence-electron chi connectivity index (χ3n) is 3.30. The fourth-order valence-corrected chi connectivity index (χ4v) is 2.45. The largest absolute Gasteiger partial charge is 0.478 e. The second kappa shape index (κ2) is 8.19. The molecule has 0 saturated heterocycles. The van der Waals surface area contributed by atoms with Crippen molar-refractivity contribution in [2.75, 3.05) is 18.5 Å². The van der Waals surface area contributed by atoms with Gasteiger partial charge in [0.05, 0.1) is 28.0 Å². The Morgan fingerprint density at radius 3 is 2.79 bits per heavy atom. The summed E-state index contributed by atoms with van der Waals surface area (Å²) in [4.78, 5) is 23.9. The molecule has 0 fully saturated rings. The zero-order valence-corrected chi connectivity index (χ0v) is 14.4. The number of amides is 1. The molecule has 0 saturated carbocycles. The molecule has 0 aliphatic carbocycles. The molecule has 1 aromatic carbocycles. The van der Waals surface area contributed by atoms with Crippen LogP contribution in [0.3, 0.4) is 0 Å². The molecule has 6 nitrogen and oxygen atoms in total. The van der Waals surface area contributed by atoms with Crippen molar-refractivity contribution in [3.63, 3.8) is 0 Å². The fourth-order valence-electron chi connectivity index (χ4n) is 2.10. The Morgan fingerprint density at radius 2 is 2.08 bits per heavy atom. The van der Waals surface area contributed by atoms with Crippen molar-refractivity contribution in [3.05, 3.63) is 56.4 Å². The first-order valence-electron chi connectivity index (χ1n) is 7.11. The molecule has 1 amide bonds. The van der Waals surface area contributed by atoms with Gasteiger partial charge in [0.25, 0.3) is 5.91 Å². The highest BCUT2D eigenvalue weighted by atomic mass is 35.5. The number of carbonyl (C=O) groups is 1. The number of ether oxygens (including phenoxy) is 1. The molecule has 0 aliphatic rings. The number of aromatic nitrogens is 1. The van der Waals surface area contributed by atoms with Gasteiger partial charge in [0, 0.05) is 18.8 Å². The van der Waals surface area contributed by atoms with E-state index in [2.05, 4.69) is 5.32 Å². The number of hydrogen-bond donors (Lipinski definition) is 2. The molecular weight excluding hydrogens is 355 g/mol. The molecule has 24 heavy (non-hydrogen) atoms. The minimum absolute atomic E-state index is 0.0679.